The molecule has 0 aliphatic carbocycles. The molecule has 0 unspecified atom stereocenters. The molecule has 1 aromatic carbocycles. The van der Waals surface area contributed by atoms with Crippen molar-refractivity contribution in [3.63, 3.8) is 0 Å². The second-order valence-corrected chi connectivity index (χ2v) is 5.36. The van der Waals surface area contributed by atoms with Crippen LogP contribution >= 0.6 is 15.9 Å². The molecule has 18 heavy (non-hydrogen) atoms. The van der Waals surface area contributed by atoms with Crippen molar-refractivity contribution in [2.24, 2.45) is 5.41 Å². The zero-order valence-electron chi connectivity index (χ0n) is 10.1. The summed E-state index contributed by atoms with van der Waals surface area (Å²) in [5, 5.41) is 8.90. The standard InChI is InChI=1S/C12H14BrNO4/c1-12(2,11(16)17)6-18-10(15)8-5-7(14)3-4-9(8)13/h3-5H,6,14H2,1-2H3,(H,16,17). The third-order valence-corrected chi connectivity index (χ3v) is 3.04. The summed E-state index contributed by atoms with van der Waals surface area (Å²) in [7, 11) is 0. The summed E-state index contributed by atoms with van der Waals surface area (Å²) < 4.78 is 5.54. The van der Waals surface area contributed by atoms with E-state index in [-0.39, 0.29) is 12.2 Å². The molecule has 0 aliphatic rings. The van der Waals surface area contributed by atoms with Gasteiger partial charge in [-0.1, -0.05) is 0 Å². The minimum absolute atomic E-state index is 0.206. The van der Waals surface area contributed by atoms with Crippen molar-refractivity contribution in [1.29, 1.82) is 0 Å². The molecule has 0 aliphatic heterocycles. The van der Waals surface area contributed by atoms with E-state index in [9.17, 15) is 9.59 Å². The first-order chi connectivity index (χ1) is 8.24. The van der Waals surface area contributed by atoms with E-state index in [0.29, 0.717) is 10.2 Å². The largest absolute Gasteiger partial charge is 0.481 e. The van der Waals surface area contributed by atoms with Gasteiger partial charge < -0.3 is 15.6 Å². The monoisotopic (exact) mass is 315 g/mol. The number of carboxylic acids is 1. The summed E-state index contributed by atoms with van der Waals surface area (Å²) in [4.78, 5) is 22.7. The van der Waals surface area contributed by atoms with Gasteiger partial charge in [-0.25, -0.2) is 4.79 Å². The normalized spacial score (nSPS) is 11.1. The Labute approximate surface area is 113 Å². The fourth-order valence-corrected chi connectivity index (χ4v) is 1.49. The summed E-state index contributed by atoms with van der Waals surface area (Å²) in [6.45, 7) is 2.76. The second kappa shape index (κ2) is 5.39. The van der Waals surface area contributed by atoms with Crippen LogP contribution in [0.2, 0.25) is 0 Å². The molecule has 1 rings (SSSR count). The van der Waals surface area contributed by atoms with Gasteiger partial charge >= 0.3 is 11.9 Å². The van der Waals surface area contributed by atoms with Crippen molar-refractivity contribution < 1.29 is 19.4 Å². The van der Waals surface area contributed by atoms with Gasteiger partial charge in [0.1, 0.15) is 6.61 Å². The number of anilines is 1. The molecule has 0 spiro atoms. The number of nitrogen functional groups attached to an aromatic ring is 1. The fraction of sp³-hybridized carbons (Fsp3) is 0.333. The number of hydrogen-bond acceptors (Lipinski definition) is 4. The zero-order valence-corrected chi connectivity index (χ0v) is 11.7. The van der Waals surface area contributed by atoms with Gasteiger partial charge in [0.05, 0.1) is 11.0 Å². The van der Waals surface area contributed by atoms with E-state index in [2.05, 4.69) is 15.9 Å². The van der Waals surface area contributed by atoms with Crippen molar-refractivity contribution >= 4 is 33.6 Å². The molecule has 0 heterocycles. The van der Waals surface area contributed by atoms with E-state index in [1.807, 2.05) is 0 Å². The molecule has 0 atom stereocenters. The van der Waals surface area contributed by atoms with E-state index in [4.69, 9.17) is 15.6 Å². The van der Waals surface area contributed by atoms with Gasteiger partial charge in [0, 0.05) is 10.2 Å². The van der Waals surface area contributed by atoms with Gasteiger partial charge in [-0.05, 0) is 48.0 Å². The van der Waals surface area contributed by atoms with Crippen LogP contribution in [-0.4, -0.2) is 23.7 Å². The van der Waals surface area contributed by atoms with Crippen molar-refractivity contribution in [1.82, 2.24) is 0 Å². The number of nitrogens with two attached hydrogens (primary N) is 1. The Morgan fingerprint density at radius 3 is 2.61 bits per heavy atom. The molecule has 98 valence electrons. The van der Waals surface area contributed by atoms with Crippen LogP contribution in [0.15, 0.2) is 22.7 Å². The highest BCUT2D eigenvalue weighted by Gasteiger charge is 2.29. The molecule has 3 N–H and O–H groups in total. The molecule has 0 amide bonds. The van der Waals surface area contributed by atoms with Gasteiger partial charge in [-0.3, -0.25) is 4.79 Å². The number of hydrogen-bond donors (Lipinski definition) is 2. The van der Waals surface area contributed by atoms with Crippen molar-refractivity contribution in [3.05, 3.63) is 28.2 Å². The SMILES string of the molecule is CC(C)(COC(=O)c1cc(N)ccc1Br)C(=O)O. The van der Waals surface area contributed by atoms with Crippen molar-refractivity contribution in [2.75, 3.05) is 12.3 Å². The fourth-order valence-electron chi connectivity index (χ4n) is 1.08. The summed E-state index contributed by atoms with van der Waals surface area (Å²) in [6.07, 6.45) is 0. The molecule has 0 saturated carbocycles. The molecule has 1 aromatic rings. The molecule has 0 saturated heterocycles. The molecule has 6 heteroatoms. The third kappa shape index (κ3) is 3.46. The highest BCUT2D eigenvalue weighted by atomic mass is 79.9. The summed E-state index contributed by atoms with van der Waals surface area (Å²) >= 11 is 3.21. The number of ether oxygens (including phenoxy) is 1. The number of aliphatic carboxylic acids is 1. The lowest BCUT2D eigenvalue weighted by atomic mass is 9.95. The summed E-state index contributed by atoms with van der Waals surface area (Å²) in [5.74, 6) is -1.63. The number of halogens is 1. The van der Waals surface area contributed by atoms with Crippen molar-refractivity contribution in [2.45, 2.75) is 13.8 Å². The number of carbonyl (C=O) groups excluding carboxylic acids is 1. The third-order valence-electron chi connectivity index (χ3n) is 2.35. The molecular weight excluding hydrogens is 302 g/mol. The van der Waals surface area contributed by atoms with Crippen LogP contribution in [0, 0.1) is 5.41 Å². The Morgan fingerprint density at radius 2 is 2.06 bits per heavy atom. The minimum atomic E-state index is -1.12. The maximum Gasteiger partial charge on any atom is 0.339 e. The van der Waals surface area contributed by atoms with Crippen molar-refractivity contribution in [3.8, 4) is 0 Å². The van der Waals surface area contributed by atoms with Crippen LogP contribution in [-0.2, 0) is 9.53 Å². The predicted molar refractivity (Wildman–Crippen MR) is 70.3 cm³/mol. The molecule has 0 radical (unpaired) electrons. The Morgan fingerprint density at radius 1 is 1.44 bits per heavy atom. The average Bonchev–Trinajstić information content (AvgIpc) is 2.29. The lowest BCUT2D eigenvalue weighted by Crippen LogP contribution is -2.30. The number of benzene rings is 1. The maximum atomic E-state index is 11.8. The van der Waals surface area contributed by atoms with Crippen LogP contribution in [0.1, 0.15) is 24.2 Å². The van der Waals surface area contributed by atoms with Crippen LogP contribution in [0.5, 0.6) is 0 Å². The van der Waals surface area contributed by atoms with Gasteiger partial charge in [0.2, 0.25) is 0 Å². The van der Waals surface area contributed by atoms with E-state index < -0.39 is 17.4 Å². The summed E-state index contributed by atoms with van der Waals surface area (Å²) in [6, 6.07) is 4.75. The van der Waals surface area contributed by atoms with Crippen LogP contribution < -0.4 is 5.73 Å². The second-order valence-electron chi connectivity index (χ2n) is 4.50. The number of esters is 1. The quantitative estimate of drug-likeness (QED) is 0.657. The average molecular weight is 316 g/mol. The van der Waals surface area contributed by atoms with Gasteiger partial charge in [-0.2, -0.15) is 0 Å². The Balaban J connectivity index is 2.78. The van der Waals surface area contributed by atoms with Crippen LogP contribution in [0.25, 0.3) is 0 Å². The highest BCUT2D eigenvalue weighted by Crippen LogP contribution is 2.22. The number of carboxylic acid groups (broad SMARTS) is 1. The number of carbonyl (C=O) groups is 2. The smallest absolute Gasteiger partial charge is 0.339 e. The van der Waals surface area contributed by atoms with Gasteiger partial charge in [-0.15, -0.1) is 0 Å². The topological polar surface area (TPSA) is 89.6 Å². The van der Waals surface area contributed by atoms with Crippen LogP contribution in [0.3, 0.4) is 0 Å². The first kappa shape index (κ1) is 14.5. The maximum absolute atomic E-state index is 11.8. The number of rotatable bonds is 4. The molecule has 5 nitrogen and oxygen atoms in total. The van der Waals surface area contributed by atoms with Gasteiger partial charge in [0.25, 0.3) is 0 Å². The first-order valence-corrected chi connectivity index (χ1v) is 5.99. The first-order valence-electron chi connectivity index (χ1n) is 5.19. The molecular formula is C12H14BrNO4. The minimum Gasteiger partial charge on any atom is -0.481 e. The Kier molecular flexibility index (Phi) is 4.34. The van der Waals surface area contributed by atoms with E-state index in [1.54, 1.807) is 12.1 Å². The molecule has 0 bridgehead atoms. The molecule has 0 fully saturated rings. The van der Waals surface area contributed by atoms with Crippen LogP contribution in [0.4, 0.5) is 5.69 Å². The highest BCUT2D eigenvalue weighted by molar-refractivity contribution is 9.10. The van der Waals surface area contributed by atoms with E-state index >= 15 is 0 Å². The van der Waals surface area contributed by atoms with E-state index in [0.717, 1.165) is 0 Å². The summed E-state index contributed by atoms with van der Waals surface area (Å²) in [5.41, 5.74) is 5.16. The Hall–Kier alpha value is -1.56. The van der Waals surface area contributed by atoms with Gasteiger partial charge in [0.15, 0.2) is 0 Å². The lowest BCUT2D eigenvalue weighted by Gasteiger charge is -2.18. The zero-order chi connectivity index (χ0) is 13.9. The lowest BCUT2D eigenvalue weighted by molar-refractivity contribution is -0.149. The molecule has 0 aromatic heterocycles. The van der Waals surface area contributed by atoms with E-state index in [1.165, 1.54) is 19.9 Å². The predicted octanol–water partition coefficient (Wildman–Crippen LogP) is 2.30. The Bertz CT molecular complexity index is 485.